The normalized spacial score (nSPS) is 14.4. The van der Waals surface area contributed by atoms with Crippen molar-refractivity contribution in [1.29, 1.82) is 0 Å². The highest BCUT2D eigenvalue weighted by molar-refractivity contribution is 5.77. The predicted octanol–water partition coefficient (Wildman–Crippen LogP) is 3.64. The summed E-state index contributed by atoms with van der Waals surface area (Å²) < 4.78 is 5.74. The molecule has 1 fully saturated rings. The summed E-state index contributed by atoms with van der Waals surface area (Å²) in [6.07, 6.45) is 1.32. The number of carbonyl (C=O) groups excluding carboxylic acids is 1. The zero-order valence-corrected chi connectivity index (χ0v) is 17.9. The SMILES string of the molecule is Cc1ccc(C)c(OCC(=O)N(C)Cc2cccc(N3CCC(C(=O)O)CC3)c2)c1. The van der Waals surface area contributed by atoms with E-state index in [0.717, 1.165) is 41.2 Å². The van der Waals surface area contributed by atoms with E-state index in [4.69, 9.17) is 9.84 Å². The Labute approximate surface area is 178 Å². The van der Waals surface area contributed by atoms with Crippen LogP contribution in [0.5, 0.6) is 5.75 Å². The Balaban J connectivity index is 1.55. The maximum Gasteiger partial charge on any atom is 0.306 e. The van der Waals surface area contributed by atoms with Crippen LogP contribution in [0.3, 0.4) is 0 Å². The molecular formula is C24H30N2O4. The molecule has 0 bridgehead atoms. The van der Waals surface area contributed by atoms with Crippen molar-refractivity contribution in [3.63, 3.8) is 0 Å². The molecule has 1 aliphatic heterocycles. The van der Waals surface area contributed by atoms with E-state index in [1.54, 1.807) is 11.9 Å². The number of benzene rings is 2. The molecule has 0 spiro atoms. The lowest BCUT2D eigenvalue weighted by Gasteiger charge is -2.32. The molecule has 160 valence electrons. The van der Waals surface area contributed by atoms with Gasteiger partial charge in [0.05, 0.1) is 5.92 Å². The van der Waals surface area contributed by atoms with Crippen molar-refractivity contribution in [2.45, 2.75) is 33.2 Å². The third kappa shape index (κ3) is 5.53. The molecule has 1 N–H and O–H groups in total. The lowest BCUT2D eigenvalue weighted by molar-refractivity contribution is -0.142. The largest absolute Gasteiger partial charge is 0.483 e. The van der Waals surface area contributed by atoms with Crippen LogP contribution in [0.2, 0.25) is 0 Å². The van der Waals surface area contributed by atoms with Crippen LogP contribution in [0.15, 0.2) is 42.5 Å². The number of aryl methyl sites for hydroxylation is 2. The smallest absolute Gasteiger partial charge is 0.306 e. The van der Waals surface area contributed by atoms with Gasteiger partial charge in [0, 0.05) is 32.4 Å². The Bertz CT molecular complexity index is 904. The molecule has 2 aromatic rings. The molecule has 2 aromatic carbocycles. The number of ether oxygens (including phenoxy) is 1. The van der Waals surface area contributed by atoms with Crippen LogP contribution in [-0.2, 0) is 16.1 Å². The van der Waals surface area contributed by atoms with Crippen molar-refractivity contribution in [2.75, 3.05) is 31.6 Å². The number of likely N-dealkylation sites (N-methyl/N-ethyl adjacent to an activating group) is 1. The fourth-order valence-corrected chi connectivity index (χ4v) is 3.71. The standard InChI is InChI=1S/C24H30N2O4/c1-17-7-8-18(2)22(13-17)30-16-23(27)25(3)15-19-5-4-6-21(14-19)26-11-9-20(10-12-26)24(28)29/h4-8,13-14,20H,9-12,15-16H2,1-3H3,(H,28,29). The number of nitrogens with zero attached hydrogens (tertiary/aromatic N) is 2. The summed E-state index contributed by atoms with van der Waals surface area (Å²) in [5.74, 6) is -0.288. The van der Waals surface area contributed by atoms with Crippen molar-refractivity contribution < 1.29 is 19.4 Å². The van der Waals surface area contributed by atoms with Crippen LogP contribution in [0.4, 0.5) is 5.69 Å². The first-order chi connectivity index (χ1) is 14.3. The van der Waals surface area contributed by atoms with E-state index in [0.29, 0.717) is 19.4 Å². The molecule has 1 saturated heterocycles. The predicted molar refractivity (Wildman–Crippen MR) is 117 cm³/mol. The molecule has 6 heteroatoms. The molecule has 0 saturated carbocycles. The summed E-state index contributed by atoms with van der Waals surface area (Å²) in [7, 11) is 1.78. The zero-order chi connectivity index (χ0) is 21.7. The van der Waals surface area contributed by atoms with Crippen LogP contribution in [0.25, 0.3) is 0 Å². The summed E-state index contributed by atoms with van der Waals surface area (Å²) in [5.41, 5.74) is 4.22. The molecule has 0 atom stereocenters. The number of rotatable bonds is 7. The van der Waals surface area contributed by atoms with Crippen LogP contribution in [0, 0.1) is 19.8 Å². The number of aliphatic carboxylic acids is 1. The highest BCUT2D eigenvalue weighted by Gasteiger charge is 2.24. The molecule has 1 aliphatic rings. The van der Waals surface area contributed by atoms with Gasteiger partial charge in [-0.1, -0.05) is 24.3 Å². The van der Waals surface area contributed by atoms with Gasteiger partial charge in [-0.3, -0.25) is 9.59 Å². The highest BCUT2D eigenvalue weighted by atomic mass is 16.5. The van der Waals surface area contributed by atoms with Crippen LogP contribution < -0.4 is 9.64 Å². The van der Waals surface area contributed by atoms with E-state index in [2.05, 4.69) is 11.0 Å². The van der Waals surface area contributed by atoms with Gasteiger partial charge in [-0.2, -0.15) is 0 Å². The third-order valence-corrected chi connectivity index (χ3v) is 5.66. The summed E-state index contributed by atoms with van der Waals surface area (Å²) in [5, 5.41) is 9.17. The fourth-order valence-electron chi connectivity index (χ4n) is 3.71. The number of hydrogen-bond acceptors (Lipinski definition) is 4. The van der Waals surface area contributed by atoms with E-state index < -0.39 is 5.97 Å². The molecule has 0 aliphatic carbocycles. The first-order valence-corrected chi connectivity index (χ1v) is 10.3. The van der Waals surface area contributed by atoms with Gasteiger partial charge in [0.15, 0.2) is 6.61 Å². The molecule has 0 aromatic heterocycles. The minimum atomic E-state index is -0.702. The Morgan fingerprint density at radius 1 is 1.13 bits per heavy atom. The molecule has 0 unspecified atom stereocenters. The van der Waals surface area contributed by atoms with Gasteiger partial charge >= 0.3 is 5.97 Å². The molecule has 3 rings (SSSR count). The van der Waals surface area contributed by atoms with E-state index in [9.17, 15) is 9.59 Å². The average molecular weight is 411 g/mol. The second-order valence-corrected chi connectivity index (χ2v) is 8.08. The first kappa shape index (κ1) is 21.7. The van der Waals surface area contributed by atoms with E-state index in [1.807, 2.05) is 50.2 Å². The number of amides is 1. The van der Waals surface area contributed by atoms with Gasteiger partial charge < -0.3 is 19.6 Å². The quantitative estimate of drug-likeness (QED) is 0.755. The minimum absolute atomic E-state index is 0.00316. The Kier molecular flexibility index (Phi) is 6.98. The Morgan fingerprint density at radius 2 is 1.87 bits per heavy atom. The van der Waals surface area contributed by atoms with Gasteiger partial charge in [0.25, 0.3) is 5.91 Å². The fraction of sp³-hybridized carbons (Fsp3) is 0.417. The van der Waals surface area contributed by atoms with Crippen molar-refractivity contribution in [3.05, 3.63) is 59.2 Å². The van der Waals surface area contributed by atoms with Gasteiger partial charge in [-0.05, 0) is 61.6 Å². The Morgan fingerprint density at radius 3 is 2.57 bits per heavy atom. The van der Waals surface area contributed by atoms with Crippen molar-refractivity contribution >= 4 is 17.6 Å². The minimum Gasteiger partial charge on any atom is -0.483 e. The summed E-state index contributed by atoms with van der Waals surface area (Å²) >= 11 is 0. The average Bonchev–Trinajstić information content (AvgIpc) is 2.74. The first-order valence-electron chi connectivity index (χ1n) is 10.3. The topological polar surface area (TPSA) is 70.1 Å². The van der Waals surface area contributed by atoms with Gasteiger partial charge in [0.1, 0.15) is 5.75 Å². The van der Waals surface area contributed by atoms with Crippen LogP contribution >= 0.6 is 0 Å². The van der Waals surface area contributed by atoms with Gasteiger partial charge in [0.2, 0.25) is 0 Å². The molecule has 1 heterocycles. The van der Waals surface area contributed by atoms with Gasteiger partial charge in [-0.25, -0.2) is 0 Å². The summed E-state index contributed by atoms with van der Waals surface area (Å²) in [6, 6.07) is 14.1. The highest BCUT2D eigenvalue weighted by Crippen LogP contribution is 2.25. The van der Waals surface area contributed by atoms with E-state index in [-0.39, 0.29) is 18.4 Å². The number of piperidine rings is 1. The lowest BCUT2D eigenvalue weighted by Crippen LogP contribution is -2.36. The number of anilines is 1. The van der Waals surface area contributed by atoms with E-state index in [1.165, 1.54) is 0 Å². The lowest BCUT2D eigenvalue weighted by atomic mass is 9.96. The van der Waals surface area contributed by atoms with Crippen LogP contribution in [0.1, 0.15) is 29.5 Å². The molecular weight excluding hydrogens is 380 g/mol. The molecule has 30 heavy (non-hydrogen) atoms. The maximum atomic E-state index is 12.5. The summed E-state index contributed by atoms with van der Waals surface area (Å²) in [6.45, 7) is 5.93. The van der Waals surface area contributed by atoms with Crippen molar-refractivity contribution in [2.24, 2.45) is 5.92 Å². The van der Waals surface area contributed by atoms with Crippen LogP contribution in [-0.4, -0.2) is 48.6 Å². The van der Waals surface area contributed by atoms with Crippen molar-refractivity contribution in [1.82, 2.24) is 4.90 Å². The zero-order valence-electron chi connectivity index (χ0n) is 17.9. The molecule has 1 amide bonds. The number of carboxylic acid groups (broad SMARTS) is 1. The number of hydrogen-bond donors (Lipinski definition) is 1. The number of carboxylic acids is 1. The second-order valence-electron chi connectivity index (χ2n) is 8.08. The second kappa shape index (κ2) is 9.65. The monoisotopic (exact) mass is 410 g/mol. The van der Waals surface area contributed by atoms with Crippen molar-refractivity contribution in [3.8, 4) is 5.75 Å². The Hall–Kier alpha value is -3.02. The summed E-state index contributed by atoms with van der Waals surface area (Å²) in [4.78, 5) is 27.6. The molecule has 6 nitrogen and oxygen atoms in total. The molecule has 0 radical (unpaired) electrons. The van der Waals surface area contributed by atoms with E-state index >= 15 is 0 Å². The van der Waals surface area contributed by atoms with Gasteiger partial charge in [-0.15, -0.1) is 0 Å². The maximum absolute atomic E-state index is 12.5. The number of carbonyl (C=O) groups is 2. The third-order valence-electron chi connectivity index (χ3n) is 5.66.